The van der Waals surface area contributed by atoms with Crippen LogP contribution in [-0.4, -0.2) is 57.6 Å². The van der Waals surface area contributed by atoms with Gasteiger partial charge in [0.25, 0.3) is 6.33 Å². The van der Waals surface area contributed by atoms with Crippen molar-refractivity contribution in [2.75, 3.05) is 25.5 Å². The van der Waals surface area contributed by atoms with Crippen molar-refractivity contribution in [1.82, 2.24) is 25.1 Å². The number of rotatable bonds is 13. The summed E-state index contributed by atoms with van der Waals surface area (Å²) in [4.78, 5) is 35.1. The van der Waals surface area contributed by atoms with E-state index in [0.717, 1.165) is 23.8 Å². The van der Waals surface area contributed by atoms with Gasteiger partial charge in [0.05, 0.1) is 28.9 Å². The average Bonchev–Trinajstić information content (AvgIpc) is 3.82. The Morgan fingerprint density at radius 2 is 1.89 bits per heavy atom. The molecular weight excluding hydrogens is 789 g/mol. The Morgan fingerprint density at radius 1 is 1.17 bits per heavy atom. The number of pyridine rings is 1. The van der Waals surface area contributed by atoms with Gasteiger partial charge in [-0.25, -0.2) is 23.5 Å². The van der Waals surface area contributed by atoms with E-state index in [-0.39, 0.29) is 68.3 Å². The van der Waals surface area contributed by atoms with Crippen LogP contribution < -0.4 is 27.2 Å². The highest BCUT2D eigenvalue weighted by molar-refractivity contribution is 7.10. The number of nitriles is 1. The van der Waals surface area contributed by atoms with E-state index in [1.54, 1.807) is 62.7 Å². The van der Waals surface area contributed by atoms with E-state index in [2.05, 4.69) is 21.5 Å². The van der Waals surface area contributed by atoms with Crippen LogP contribution in [-0.2, 0) is 33.0 Å². The molecule has 0 saturated heterocycles. The lowest BCUT2D eigenvalue weighted by Gasteiger charge is -2.32. The number of ether oxygens (including phenoxy) is 2. The smallest absolute Gasteiger partial charge is 0.418 e. The molecule has 0 saturated carbocycles. The highest BCUT2D eigenvalue weighted by Crippen LogP contribution is 2.41. The number of nitrogens with zero attached hydrogens (tertiary/aromatic N) is 7. The molecule has 13 nitrogen and oxygen atoms in total. The van der Waals surface area contributed by atoms with Gasteiger partial charge in [0.2, 0.25) is 12.6 Å². The summed E-state index contributed by atoms with van der Waals surface area (Å²) in [5.74, 6) is -2.64. The van der Waals surface area contributed by atoms with E-state index in [1.165, 1.54) is 51.4 Å². The maximum absolute atomic E-state index is 15.3. The van der Waals surface area contributed by atoms with E-state index in [9.17, 15) is 19.1 Å². The fourth-order valence-electron chi connectivity index (χ4n) is 5.25. The van der Waals surface area contributed by atoms with Crippen molar-refractivity contribution >= 4 is 54.0 Å². The van der Waals surface area contributed by atoms with Gasteiger partial charge in [-0.2, -0.15) is 9.83 Å². The third kappa shape index (κ3) is 10.5. The van der Waals surface area contributed by atoms with Gasteiger partial charge in [-0.15, -0.1) is 40.8 Å². The molecule has 0 aliphatic heterocycles. The normalized spacial score (nSPS) is 12.7. The van der Waals surface area contributed by atoms with Crippen molar-refractivity contribution in [3.8, 4) is 17.3 Å². The van der Waals surface area contributed by atoms with Crippen molar-refractivity contribution in [2.24, 2.45) is 0 Å². The van der Waals surface area contributed by atoms with Crippen molar-refractivity contribution in [3.63, 3.8) is 0 Å². The molecule has 2 aromatic carbocycles. The zero-order valence-corrected chi connectivity index (χ0v) is 32.6. The summed E-state index contributed by atoms with van der Waals surface area (Å²) < 4.78 is 43.5. The van der Waals surface area contributed by atoms with Crippen LogP contribution in [0.15, 0.2) is 78.8 Å². The summed E-state index contributed by atoms with van der Waals surface area (Å²) in [5, 5.41) is 30.6. The Balaban J connectivity index is 0.00000336. The van der Waals surface area contributed by atoms with Gasteiger partial charge in [0.1, 0.15) is 36.2 Å². The molecule has 0 bridgehead atoms. The average molecular weight is 826 g/mol. The van der Waals surface area contributed by atoms with Gasteiger partial charge in [-0.1, -0.05) is 25.1 Å². The molecule has 0 spiro atoms. The molecule has 0 aliphatic carbocycles. The molecule has 0 aliphatic rings. The van der Waals surface area contributed by atoms with Gasteiger partial charge in [0.15, 0.2) is 0 Å². The van der Waals surface area contributed by atoms with Crippen LogP contribution in [0.4, 0.5) is 19.4 Å². The van der Waals surface area contributed by atoms with E-state index < -0.39 is 41.4 Å². The first-order chi connectivity index (χ1) is 24.4. The Morgan fingerprint density at radius 3 is 2.57 bits per heavy atom. The number of nitrogens with one attached hydrogen (secondary N) is 1. The van der Waals surface area contributed by atoms with Crippen molar-refractivity contribution in [2.45, 2.75) is 44.7 Å². The molecule has 1 amide bonds. The summed E-state index contributed by atoms with van der Waals surface area (Å²) in [6, 6.07) is 15.1. The molecule has 0 radical (unpaired) electrons. The second-order valence-electron chi connectivity index (χ2n) is 11.6. The Labute approximate surface area is 332 Å². The third-order valence-corrected chi connectivity index (χ3v) is 9.20. The minimum absolute atomic E-state index is 0. The number of aromatic nitrogens is 5. The molecule has 2 N–H and O–H groups in total. The van der Waals surface area contributed by atoms with E-state index in [4.69, 9.17) is 19.7 Å². The van der Waals surface area contributed by atoms with Crippen molar-refractivity contribution < 1.29 is 49.9 Å². The summed E-state index contributed by atoms with van der Waals surface area (Å²) in [6.45, 7) is 2.85. The number of benzene rings is 2. The minimum Gasteiger partial charge on any atom is -1.00 e. The van der Waals surface area contributed by atoms with Crippen LogP contribution in [0.1, 0.15) is 47.7 Å². The van der Waals surface area contributed by atoms with Crippen LogP contribution in [0.25, 0.3) is 11.3 Å². The summed E-state index contributed by atoms with van der Waals surface area (Å²) >= 11 is 1.25. The molecule has 5 rings (SSSR count). The van der Waals surface area contributed by atoms with Gasteiger partial charge < -0.3 is 32.3 Å². The topological polar surface area (TPSA) is 159 Å². The number of amides is 1. The number of hydrogen-bond acceptors (Lipinski definition) is 11. The number of likely N-dealkylation sites (N-methyl/N-ethyl adjacent to an activating group) is 1. The molecule has 0 fully saturated rings. The lowest BCUT2D eigenvalue weighted by atomic mass is 9.82. The SMILES string of the molecule is CNCC(=O)OCc1cccnc1N(C)C(=O)OC(C)[n+]1cnn(C[C@@](O)(c2cc(F)ccc2F)[C@@H](C)c2nc(-c3ccc(C#N)cc3)cs2)c1.Cl.Cl.[Cl-]. The zero-order chi connectivity index (χ0) is 36.7. The van der Waals surface area contributed by atoms with Crippen LogP contribution in [0.2, 0.25) is 0 Å². The van der Waals surface area contributed by atoms with E-state index in [1.807, 2.05) is 0 Å². The molecule has 54 heavy (non-hydrogen) atoms. The Kier molecular flexibility index (Phi) is 16.9. The quantitative estimate of drug-likeness (QED) is 0.134. The van der Waals surface area contributed by atoms with Crippen molar-refractivity contribution in [1.29, 1.82) is 5.26 Å². The van der Waals surface area contributed by atoms with Crippen LogP contribution in [0.3, 0.4) is 0 Å². The van der Waals surface area contributed by atoms with E-state index in [0.29, 0.717) is 21.8 Å². The summed E-state index contributed by atoms with van der Waals surface area (Å²) in [7, 11) is 3.08. The van der Waals surface area contributed by atoms with Gasteiger partial charge in [-0.3, -0.25) is 9.69 Å². The van der Waals surface area contributed by atoms with Crippen LogP contribution in [0, 0.1) is 23.0 Å². The fraction of sp³-hybridized carbons (Fsp3) is 0.286. The summed E-state index contributed by atoms with van der Waals surface area (Å²) in [6.07, 6.45) is 2.65. The van der Waals surface area contributed by atoms with Gasteiger partial charge in [0, 0.05) is 53.3 Å². The third-order valence-electron chi connectivity index (χ3n) is 8.18. The van der Waals surface area contributed by atoms with E-state index >= 15 is 4.39 Å². The molecule has 3 atom stereocenters. The first-order valence-corrected chi connectivity index (χ1v) is 16.6. The fourth-order valence-corrected chi connectivity index (χ4v) is 6.22. The maximum Gasteiger partial charge on any atom is 0.418 e. The second-order valence-corrected chi connectivity index (χ2v) is 12.5. The van der Waals surface area contributed by atoms with Crippen molar-refractivity contribution in [3.05, 3.63) is 112 Å². The Bertz CT molecular complexity index is 2070. The Hall–Kier alpha value is -4.76. The highest BCUT2D eigenvalue weighted by atomic mass is 35.5. The summed E-state index contributed by atoms with van der Waals surface area (Å²) in [5.41, 5.74) is 0.000750. The monoisotopic (exact) mass is 824 g/mol. The van der Waals surface area contributed by atoms with Crippen LogP contribution >= 0.6 is 36.2 Å². The van der Waals surface area contributed by atoms with Gasteiger partial charge in [-0.05, 0) is 43.4 Å². The molecule has 19 heteroatoms. The number of aliphatic hydroxyl groups is 1. The molecular formula is C35H37Cl3F2N8O5S. The molecule has 3 heterocycles. The minimum atomic E-state index is -2.04. The largest absolute Gasteiger partial charge is 1.00 e. The maximum atomic E-state index is 15.3. The lowest BCUT2D eigenvalue weighted by molar-refractivity contribution is -0.753. The number of anilines is 1. The number of halogens is 5. The van der Waals surface area contributed by atoms with Crippen LogP contribution in [0.5, 0.6) is 0 Å². The second kappa shape index (κ2) is 20.1. The standard InChI is InChI=1S/C35H35F2N8O5S.3ClH/c1-22(33-42-30(18-51-33)25-9-7-24(15-38)8-10-25)35(48,28-14-27(36)11-12-29(28)37)19-45-21-44(20-41-45)23(2)50-34(47)43(4)32-26(6-5-13-40-32)17-49-31(46)16-39-3;;;/h5-14,18,20-23,39,48H,16-17,19H2,1-4H3;3*1H/q+1;;;/p-1/t22-,23?,35-;;;/m0.../s1. The number of carbonyl (C=O) groups excluding carboxylic acids is 2. The highest BCUT2D eigenvalue weighted by Gasteiger charge is 2.43. The molecule has 288 valence electrons. The number of hydrogen-bond donors (Lipinski definition) is 2. The zero-order valence-electron chi connectivity index (χ0n) is 29.4. The predicted molar refractivity (Wildman–Crippen MR) is 195 cm³/mol. The number of carbonyl (C=O) groups is 2. The number of thiazole rings is 1. The predicted octanol–water partition coefficient (Wildman–Crippen LogP) is 2.43. The number of esters is 1. The molecule has 5 aromatic rings. The lowest BCUT2D eigenvalue weighted by Crippen LogP contribution is -3.00. The van der Waals surface area contributed by atoms with Gasteiger partial charge >= 0.3 is 12.1 Å². The first-order valence-electron chi connectivity index (χ1n) is 15.7. The molecule has 1 unspecified atom stereocenters. The first kappa shape index (κ1) is 45.4. The molecule has 3 aromatic heterocycles.